The minimum Gasteiger partial charge on any atom is -0.349 e. The van der Waals surface area contributed by atoms with Crippen molar-refractivity contribution >= 4 is 5.91 Å². The van der Waals surface area contributed by atoms with E-state index in [4.69, 9.17) is 0 Å². The Hall–Kier alpha value is -1.39. The third-order valence-corrected chi connectivity index (χ3v) is 2.96. The molecule has 5 heteroatoms. The maximum atomic E-state index is 11.8. The second-order valence-corrected chi connectivity index (χ2v) is 4.59. The highest BCUT2D eigenvalue weighted by Gasteiger charge is 2.14. The van der Waals surface area contributed by atoms with Crippen LogP contribution in [-0.4, -0.2) is 27.6 Å². The molecule has 17 heavy (non-hydrogen) atoms. The standard InChI is InChI=1S/C12H22N4O/c1-5-9(6-2)7-13-12(17)11-14-10(8(3)4)15-16-11/h8-9H,5-7H2,1-4H3,(H,13,17)(H,14,15,16). The molecule has 0 aliphatic heterocycles. The Morgan fingerprint density at radius 1 is 1.35 bits per heavy atom. The van der Waals surface area contributed by atoms with Crippen molar-refractivity contribution in [3.8, 4) is 0 Å². The Morgan fingerprint density at radius 2 is 2.00 bits per heavy atom. The summed E-state index contributed by atoms with van der Waals surface area (Å²) in [5.41, 5.74) is 0. The van der Waals surface area contributed by atoms with Crippen LogP contribution in [0.3, 0.4) is 0 Å². The third kappa shape index (κ3) is 3.84. The average molecular weight is 238 g/mol. The predicted octanol–water partition coefficient (Wildman–Crippen LogP) is 2.09. The second kappa shape index (κ2) is 6.37. The van der Waals surface area contributed by atoms with Crippen LogP contribution >= 0.6 is 0 Å². The first-order valence-corrected chi connectivity index (χ1v) is 6.28. The summed E-state index contributed by atoms with van der Waals surface area (Å²) in [5, 5.41) is 9.57. The average Bonchev–Trinajstić information content (AvgIpc) is 2.79. The van der Waals surface area contributed by atoms with Crippen molar-refractivity contribution in [2.45, 2.75) is 46.5 Å². The van der Waals surface area contributed by atoms with Crippen LogP contribution in [0.5, 0.6) is 0 Å². The Morgan fingerprint density at radius 3 is 2.47 bits per heavy atom. The molecule has 0 radical (unpaired) electrons. The van der Waals surface area contributed by atoms with Gasteiger partial charge in [0.25, 0.3) is 5.91 Å². The van der Waals surface area contributed by atoms with Crippen LogP contribution in [0.4, 0.5) is 0 Å². The molecule has 1 rings (SSSR count). The smallest absolute Gasteiger partial charge is 0.290 e. The van der Waals surface area contributed by atoms with Crippen molar-refractivity contribution in [2.75, 3.05) is 6.54 Å². The molecule has 5 nitrogen and oxygen atoms in total. The van der Waals surface area contributed by atoms with Gasteiger partial charge < -0.3 is 5.32 Å². The number of nitrogens with one attached hydrogen (secondary N) is 2. The summed E-state index contributed by atoms with van der Waals surface area (Å²) in [7, 11) is 0. The summed E-state index contributed by atoms with van der Waals surface area (Å²) < 4.78 is 0. The van der Waals surface area contributed by atoms with Crippen LogP contribution in [0.1, 0.15) is 62.9 Å². The highest BCUT2D eigenvalue weighted by atomic mass is 16.2. The number of nitrogens with zero attached hydrogens (tertiary/aromatic N) is 2. The Balaban J connectivity index is 2.52. The summed E-state index contributed by atoms with van der Waals surface area (Å²) in [6.45, 7) is 8.96. The molecular formula is C12H22N4O. The van der Waals surface area contributed by atoms with E-state index in [0.717, 1.165) is 18.7 Å². The fraction of sp³-hybridized carbons (Fsp3) is 0.750. The SMILES string of the molecule is CCC(CC)CNC(=O)c1n[nH]c(C(C)C)n1. The molecule has 0 saturated carbocycles. The molecule has 0 spiro atoms. The van der Waals surface area contributed by atoms with E-state index in [1.807, 2.05) is 13.8 Å². The summed E-state index contributed by atoms with van der Waals surface area (Å²) in [5.74, 6) is 1.57. The highest BCUT2D eigenvalue weighted by Crippen LogP contribution is 2.08. The first kappa shape index (κ1) is 13.7. The van der Waals surface area contributed by atoms with Crippen LogP contribution in [0, 0.1) is 5.92 Å². The lowest BCUT2D eigenvalue weighted by Gasteiger charge is -2.11. The first-order valence-electron chi connectivity index (χ1n) is 6.28. The lowest BCUT2D eigenvalue weighted by molar-refractivity contribution is 0.0936. The van der Waals surface area contributed by atoms with E-state index < -0.39 is 0 Å². The fourth-order valence-corrected chi connectivity index (χ4v) is 1.53. The van der Waals surface area contributed by atoms with E-state index in [1.165, 1.54) is 0 Å². The molecule has 0 aliphatic carbocycles. The molecule has 0 aromatic carbocycles. The van der Waals surface area contributed by atoms with E-state index >= 15 is 0 Å². The number of H-pyrrole nitrogens is 1. The molecule has 0 aliphatic rings. The van der Waals surface area contributed by atoms with Crippen molar-refractivity contribution in [1.29, 1.82) is 0 Å². The zero-order chi connectivity index (χ0) is 12.8. The van der Waals surface area contributed by atoms with Gasteiger partial charge in [0, 0.05) is 12.5 Å². The van der Waals surface area contributed by atoms with Gasteiger partial charge in [-0.2, -0.15) is 0 Å². The molecule has 96 valence electrons. The zero-order valence-electron chi connectivity index (χ0n) is 11.1. The quantitative estimate of drug-likeness (QED) is 0.797. The lowest BCUT2D eigenvalue weighted by Crippen LogP contribution is -2.29. The number of aromatic nitrogens is 3. The maximum absolute atomic E-state index is 11.8. The van der Waals surface area contributed by atoms with Crippen molar-refractivity contribution in [2.24, 2.45) is 5.92 Å². The normalized spacial score (nSPS) is 11.2. The molecule has 0 fully saturated rings. The van der Waals surface area contributed by atoms with E-state index in [0.29, 0.717) is 12.5 Å². The summed E-state index contributed by atoms with van der Waals surface area (Å²) in [4.78, 5) is 15.9. The highest BCUT2D eigenvalue weighted by molar-refractivity contribution is 5.90. The number of aromatic amines is 1. The van der Waals surface area contributed by atoms with Crippen LogP contribution in [-0.2, 0) is 0 Å². The van der Waals surface area contributed by atoms with Crippen molar-refractivity contribution in [3.63, 3.8) is 0 Å². The van der Waals surface area contributed by atoms with Crippen LogP contribution in [0.15, 0.2) is 0 Å². The Bertz CT molecular complexity index is 355. The predicted molar refractivity (Wildman–Crippen MR) is 66.9 cm³/mol. The van der Waals surface area contributed by atoms with Gasteiger partial charge in [-0.1, -0.05) is 40.5 Å². The van der Waals surface area contributed by atoms with Gasteiger partial charge in [0.1, 0.15) is 5.82 Å². The van der Waals surface area contributed by atoms with E-state index in [1.54, 1.807) is 0 Å². The zero-order valence-corrected chi connectivity index (χ0v) is 11.1. The number of carbonyl (C=O) groups excluding carboxylic acids is 1. The van der Waals surface area contributed by atoms with Gasteiger partial charge in [0.05, 0.1) is 0 Å². The molecule has 0 unspecified atom stereocenters. The van der Waals surface area contributed by atoms with E-state index in [-0.39, 0.29) is 17.6 Å². The Labute approximate surface area is 102 Å². The fourth-order valence-electron chi connectivity index (χ4n) is 1.53. The summed E-state index contributed by atoms with van der Waals surface area (Å²) in [6, 6.07) is 0. The van der Waals surface area contributed by atoms with E-state index in [9.17, 15) is 4.79 Å². The number of rotatable bonds is 6. The molecule has 0 saturated heterocycles. The van der Waals surface area contributed by atoms with Crippen LogP contribution in [0.2, 0.25) is 0 Å². The van der Waals surface area contributed by atoms with Gasteiger partial charge in [-0.3, -0.25) is 9.89 Å². The number of hydrogen-bond donors (Lipinski definition) is 2. The van der Waals surface area contributed by atoms with Gasteiger partial charge in [-0.05, 0) is 5.92 Å². The summed E-state index contributed by atoms with van der Waals surface area (Å²) in [6.07, 6.45) is 2.14. The lowest BCUT2D eigenvalue weighted by atomic mass is 10.0. The molecular weight excluding hydrogens is 216 g/mol. The number of amides is 1. The molecule has 1 amide bonds. The van der Waals surface area contributed by atoms with Gasteiger partial charge in [-0.15, -0.1) is 5.10 Å². The Kier molecular flexibility index (Phi) is 5.12. The molecule has 0 bridgehead atoms. The van der Waals surface area contributed by atoms with Crippen LogP contribution in [0.25, 0.3) is 0 Å². The van der Waals surface area contributed by atoms with E-state index in [2.05, 4.69) is 34.3 Å². The molecule has 1 heterocycles. The minimum absolute atomic E-state index is 0.194. The van der Waals surface area contributed by atoms with Crippen LogP contribution < -0.4 is 5.32 Å². The first-order chi connectivity index (χ1) is 8.08. The van der Waals surface area contributed by atoms with Gasteiger partial charge >= 0.3 is 0 Å². The third-order valence-electron chi connectivity index (χ3n) is 2.96. The molecule has 0 atom stereocenters. The van der Waals surface area contributed by atoms with Crippen molar-refractivity contribution in [3.05, 3.63) is 11.6 Å². The minimum atomic E-state index is -0.194. The van der Waals surface area contributed by atoms with Gasteiger partial charge in [0.2, 0.25) is 5.82 Å². The second-order valence-electron chi connectivity index (χ2n) is 4.59. The number of hydrogen-bond acceptors (Lipinski definition) is 3. The topological polar surface area (TPSA) is 70.7 Å². The molecule has 1 aromatic heterocycles. The molecule has 2 N–H and O–H groups in total. The van der Waals surface area contributed by atoms with Gasteiger partial charge in [-0.25, -0.2) is 4.98 Å². The monoisotopic (exact) mass is 238 g/mol. The molecule has 1 aromatic rings. The van der Waals surface area contributed by atoms with Gasteiger partial charge in [0.15, 0.2) is 0 Å². The van der Waals surface area contributed by atoms with Crippen molar-refractivity contribution in [1.82, 2.24) is 20.5 Å². The summed E-state index contributed by atoms with van der Waals surface area (Å²) >= 11 is 0. The van der Waals surface area contributed by atoms with Crippen molar-refractivity contribution < 1.29 is 4.79 Å². The largest absolute Gasteiger partial charge is 0.349 e. The number of carbonyl (C=O) groups is 1. The maximum Gasteiger partial charge on any atom is 0.290 e.